The zero-order valence-electron chi connectivity index (χ0n) is 9.81. The third-order valence-electron chi connectivity index (χ3n) is 2.60. The zero-order chi connectivity index (χ0) is 13.1. The van der Waals surface area contributed by atoms with Gasteiger partial charge >= 0.3 is 0 Å². The minimum Gasteiger partial charge on any atom is -0.379 e. The second-order valence-corrected chi connectivity index (χ2v) is 5.33. The SMILES string of the molecule is Cc1ccc(CNc2c(Cl)cc(Cl)cc2Cl)cc1. The van der Waals surface area contributed by atoms with Crippen LogP contribution in [0.15, 0.2) is 36.4 Å². The van der Waals surface area contributed by atoms with E-state index in [4.69, 9.17) is 34.8 Å². The number of halogens is 3. The molecular weight excluding hydrogens is 289 g/mol. The average Bonchev–Trinajstić information content (AvgIpc) is 2.30. The molecule has 1 nitrogen and oxygen atoms in total. The van der Waals surface area contributed by atoms with Gasteiger partial charge in [0, 0.05) is 11.6 Å². The molecule has 94 valence electrons. The van der Waals surface area contributed by atoms with Crippen LogP contribution in [-0.2, 0) is 6.54 Å². The lowest BCUT2D eigenvalue weighted by Gasteiger charge is -2.11. The van der Waals surface area contributed by atoms with E-state index < -0.39 is 0 Å². The Bertz CT molecular complexity index is 526. The van der Waals surface area contributed by atoms with Crippen molar-refractivity contribution in [3.8, 4) is 0 Å². The van der Waals surface area contributed by atoms with Crippen molar-refractivity contribution in [2.45, 2.75) is 13.5 Å². The number of rotatable bonds is 3. The first-order chi connectivity index (χ1) is 8.56. The molecule has 18 heavy (non-hydrogen) atoms. The fourth-order valence-electron chi connectivity index (χ4n) is 1.61. The minimum atomic E-state index is 0.527. The molecule has 2 aromatic rings. The van der Waals surface area contributed by atoms with Crippen LogP contribution in [0.3, 0.4) is 0 Å². The van der Waals surface area contributed by atoms with Crippen LogP contribution in [0.25, 0.3) is 0 Å². The lowest BCUT2D eigenvalue weighted by atomic mass is 10.1. The molecule has 0 aliphatic carbocycles. The van der Waals surface area contributed by atoms with Gasteiger partial charge in [-0.25, -0.2) is 0 Å². The van der Waals surface area contributed by atoms with E-state index >= 15 is 0 Å². The summed E-state index contributed by atoms with van der Waals surface area (Å²) in [5.41, 5.74) is 3.12. The first-order valence-corrected chi connectivity index (χ1v) is 6.63. The Hall–Kier alpha value is -0.890. The summed E-state index contributed by atoms with van der Waals surface area (Å²) >= 11 is 18.0. The molecule has 1 N–H and O–H groups in total. The van der Waals surface area contributed by atoms with Crippen LogP contribution in [-0.4, -0.2) is 0 Å². The van der Waals surface area contributed by atoms with Gasteiger partial charge in [0.05, 0.1) is 15.7 Å². The maximum atomic E-state index is 6.09. The predicted octanol–water partition coefficient (Wildman–Crippen LogP) is 5.57. The molecule has 2 rings (SSSR count). The van der Waals surface area contributed by atoms with Crippen LogP contribution in [0.2, 0.25) is 15.1 Å². The Morgan fingerprint density at radius 2 is 1.50 bits per heavy atom. The number of hydrogen-bond acceptors (Lipinski definition) is 1. The Morgan fingerprint density at radius 3 is 2.06 bits per heavy atom. The monoisotopic (exact) mass is 299 g/mol. The first kappa shape index (κ1) is 13.5. The van der Waals surface area contributed by atoms with Crippen LogP contribution < -0.4 is 5.32 Å². The summed E-state index contributed by atoms with van der Waals surface area (Å²) < 4.78 is 0. The van der Waals surface area contributed by atoms with E-state index in [2.05, 4.69) is 36.5 Å². The highest BCUT2D eigenvalue weighted by molar-refractivity contribution is 6.41. The summed E-state index contributed by atoms with van der Waals surface area (Å²) in [7, 11) is 0. The Kier molecular flexibility index (Phi) is 4.39. The summed E-state index contributed by atoms with van der Waals surface area (Å²) in [4.78, 5) is 0. The van der Waals surface area contributed by atoms with Crippen LogP contribution in [0.4, 0.5) is 5.69 Å². The third-order valence-corrected chi connectivity index (χ3v) is 3.41. The minimum absolute atomic E-state index is 0.527. The Morgan fingerprint density at radius 1 is 0.944 bits per heavy atom. The van der Waals surface area contributed by atoms with Gasteiger partial charge in [-0.3, -0.25) is 0 Å². The second-order valence-electron chi connectivity index (χ2n) is 4.08. The van der Waals surface area contributed by atoms with E-state index in [0.29, 0.717) is 27.3 Å². The summed E-state index contributed by atoms with van der Waals surface area (Å²) in [6.45, 7) is 2.73. The molecule has 0 atom stereocenters. The molecule has 0 unspecified atom stereocenters. The fraction of sp³-hybridized carbons (Fsp3) is 0.143. The standard InChI is InChI=1S/C14H12Cl3N/c1-9-2-4-10(5-3-9)8-18-14-12(16)6-11(15)7-13(14)17/h2-7,18H,8H2,1H3. The van der Waals surface area contributed by atoms with Gasteiger partial charge in [0.1, 0.15) is 0 Å². The molecule has 0 bridgehead atoms. The first-order valence-electron chi connectivity index (χ1n) is 5.50. The molecule has 0 heterocycles. The molecule has 0 aromatic heterocycles. The van der Waals surface area contributed by atoms with E-state index in [0.717, 1.165) is 0 Å². The number of nitrogens with one attached hydrogen (secondary N) is 1. The van der Waals surface area contributed by atoms with Gasteiger partial charge in [-0.1, -0.05) is 64.6 Å². The zero-order valence-corrected chi connectivity index (χ0v) is 12.1. The van der Waals surface area contributed by atoms with Crippen LogP contribution >= 0.6 is 34.8 Å². The Balaban J connectivity index is 2.13. The van der Waals surface area contributed by atoms with Crippen molar-refractivity contribution in [3.63, 3.8) is 0 Å². The highest BCUT2D eigenvalue weighted by atomic mass is 35.5. The van der Waals surface area contributed by atoms with E-state index in [1.54, 1.807) is 12.1 Å². The lowest BCUT2D eigenvalue weighted by Crippen LogP contribution is -2.00. The van der Waals surface area contributed by atoms with Crippen molar-refractivity contribution >= 4 is 40.5 Å². The summed E-state index contributed by atoms with van der Waals surface area (Å²) in [5, 5.41) is 4.81. The Labute approximate surface area is 122 Å². The van der Waals surface area contributed by atoms with Crippen molar-refractivity contribution < 1.29 is 0 Å². The summed E-state index contributed by atoms with van der Waals surface area (Å²) in [5.74, 6) is 0. The maximum absolute atomic E-state index is 6.09. The van der Waals surface area contributed by atoms with Crippen LogP contribution in [0, 0.1) is 6.92 Å². The average molecular weight is 301 g/mol. The second kappa shape index (κ2) is 5.83. The number of aryl methyl sites for hydroxylation is 1. The van der Waals surface area contributed by atoms with Gasteiger partial charge in [0.15, 0.2) is 0 Å². The summed E-state index contributed by atoms with van der Waals surface area (Å²) in [6, 6.07) is 11.6. The highest BCUT2D eigenvalue weighted by Crippen LogP contribution is 2.33. The number of anilines is 1. The van der Waals surface area contributed by atoms with E-state index in [1.165, 1.54) is 11.1 Å². The largest absolute Gasteiger partial charge is 0.379 e. The fourth-order valence-corrected chi connectivity index (χ4v) is 2.56. The molecule has 0 saturated carbocycles. The molecule has 0 amide bonds. The smallest absolute Gasteiger partial charge is 0.0722 e. The molecule has 4 heteroatoms. The van der Waals surface area contributed by atoms with E-state index in [-0.39, 0.29) is 0 Å². The van der Waals surface area contributed by atoms with Gasteiger partial charge < -0.3 is 5.32 Å². The molecule has 0 saturated heterocycles. The van der Waals surface area contributed by atoms with Crippen molar-refractivity contribution in [1.82, 2.24) is 0 Å². The van der Waals surface area contributed by atoms with Crippen molar-refractivity contribution in [1.29, 1.82) is 0 Å². The molecule has 0 aliphatic rings. The number of benzene rings is 2. The van der Waals surface area contributed by atoms with Gasteiger partial charge in [-0.2, -0.15) is 0 Å². The molecule has 0 radical (unpaired) electrons. The summed E-state index contributed by atoms with van der Waals surface area (Å²) in [6.07, 6.45) is 0. The predicted molar refractivity (Wildman–Crippen MR) is 80.0 cm³/mol. The molecule has 2 aromatic carbocycles. The van der Waals surface area contributed by atoms with E-state index in [9.17, 15) is 0 Å². The van der Waals surface area contributed by atoms with Crippen LogP contribution in [0.1, 0.15) is 11.1 Å². The van der Waals surface area contributed by atoms with Crippen molar-refractivity contribution in [2.75, 3.05) is 5.32 Å². The molecule has 0 spiro atoms. The lowest BCUT2D eigenvalue weighted by molar-refractivity contribution is 1.14. The maximum Gasteiger partial charge on any atom is 0.0722 e. The highest BCUT2D eigenvalue weighted by Gasteiger charge is 2.07. The van der Waals surface area contributed by atoms with Crippen molar-refractivity contribution in [2.24, 2.45) is 0 Å². The topological polar surface area (TPSA) is 12.0 Å². The third kappa shape index (κ3) is 3.32. The van der Waals surface area contributed by atoms with Gasteiger partial charge in [-0.15, -0.1) is 0 Å². The van der Waals surface area contributed by atoms with E-state index in [1.807, 2.05) is 0 Å². The van der Waals surface area contributed by atoms with Crippen LogP contribution in [0.5, 0.6) is 0 Å². The number of hydrogen-bond donors (Lipinski definition) is 1. The van der Waals surface area contributed by atoms with Crippen molar-refractivity contribution in [3.05, 3.63) is 62.6 Å². The van der Waals surface area contributed by atoms with Gasteiger partial charge in [0.25, 0.3) is 0 Å². The molecule has 0 fully saturated rings. The quantitative estimate of drug-likeness (QED) is 0.781. The van der Waals surface area contributed by atoms with Gasteiger partial charge in [-0.05, 0) is 24.6 Å². The van der Waals surface area contributed by atoms with Gasteiger partial charge in [0.2, 0.25) is 0 Å². The molecule has 0 aliphatic heterocycles. The molecular formula is C14H12Cl3N. The normalized spacial score (nSPS) is 10.4.